The summed E-state index contributed by atoms with van der Waals surface area (Å²) in [6, 6.07) is 18.3. The van der Waals surface area contributed by atoms with Crippen molar-refractivity contribution in [2.45, 2.75) is 31.3 Å². The molecule has 0 radical (unpaired) electrons. The zero-order valence-corrected chi connectivity index (χ0v) is 22.0. The van der Waals surface area contributed by atoms with Gasteiger partial charge in [-0.1, -0.05) is 31.4 Å². The molecule has 1 fully saturated rings. The second kappa shape index (κ2) is 10.3. The number of anilines is 3. The molecule has 39 heavy (non-hydrogen) atoms. The number of allylic oxidation sites excluding steroid dienone is 1. The fraction of sp³-hybridized carbons (Fsp3) is 0.167. The van der Waals surface area contributed by atoms with Crippen LogP contribution in [0.1, 0.15) is 28.9 Å². The lowest BCUT2D eigenvalue weighted by molar-refractivity contribution is 0.0937. The minimum absolute atomic E-state index is 0.0496. The number of aromatic nitrogens is 1. The number of para-hydroxylation sites is 1. The summed E-state index contributed by atoms with van der Waals surface area (Å²) in [5.74, 6) is 1.17. The van der Waals surface area contributed by atoms with Crippen molar-refractivity contribution in [2.75, 3.05) is 10.2 Å². The van der Waals surface area contributed by atoms with Gasteiger partial charge in [0.25, 0.3) is 5.91 Å². The Kier molecular flexibility index (Phi) is 6.50. The van der Waals surface area contributed by atoms with Gasteiger partial charge < -0.3 is 20.7 Å². The van der Waals surface area contributed by atoms with Crippen LogP contribution in [0.5, 0.6) is 11.5 Å². The number of thiophene rings is 1. The third-order valence-electron chi connectivity index (χ3n) is 6.98. The van der Waals surface area contributed by atoms with Crippen LogP contribution in [-0.4, -0.2) is 29.0 Å². The Morgan fingerprint density at radius 3 is 2.51 bits per heavy atom. The molecule has 2 aromatic heterocycles. The quantitative estimate of drug-likeness (QED) is 0.217. The van der Waals surface area contributed by atoms with Crippen LogP contribution in [0.2, 0.25) is 0 Å². The minimum Gasteiger partial charge on any atom is -0.457 e. The van der Waals surface area contributed by atoms with Crippen LogP contribution in [0, 0.1) is 0 Å². The van der Waals surface area contributed by atoms with Crippen molar-refractivity contribution >= 4 is 50.6 Å². The van der Waals surface area contributed by atoms with E-state index in [4.69, 9.17) is 4.74 Å². The molecule has 1 saturated carbocycles. The number of benzene rings is 2. The number of amides is 3. The van der Waals surface area contributed by atoms with Gasteiger partial charge in [-0.25, -0.2) is 9.78 Å². The number of carbonyl (C=O) groups excluding carboxylic acids is 2. The Hall–Kier alpha value is -4.63. The predicted molar refractivity (Wildman–Crippen MR) is 155 cm³/mol. The first-order chi connectivity index (χ1) is 19.0. The number of carbonyl (C=O) groups is 2. The van der Waals surface area contributed by atoms with Crippen molar-refractivity contribution in [3.8, 4) is 11.5 Å². The molecule has 196 valence electrons. The Labute approximate surface area is 230 Å². The first kappa shape index (κ1) is 24.7. The Bertz CT molecular complexity index is 1580. The van der Waals surface area contributed by atoms with Crippen LogP contribution < -0.4 is 25.6 Å². The molecule has 4 aromatic rings. The fourth-order valence-electron chi connectivity index (χ4n) is 5.13. The maximum atomic E-state index is 13.5. The number of nitrogens with zero attached hydrogens (tertiary/aromatic N) is 2. The summed E-state index contributed by atoms with van der Waals surface area (Å²) in [5, 5.41) is 10.2. The molecular weight excluding hydrogens is 510 g/mol. The number of hydrogen-bond acceptors (Lipinski definition) is 6. The molecule has 6 rings (SSSR count). The molecule has 3 N–H and O–H groups in total. The number of hydrogen-bond donors (Lipinski definition) is 3. The van der Waals surface area contributed by atoms with Crippen LogP contribution >= 0.6 is 11.3 Å². The van der Waals surface area contributed by atoms with Crippen molar-refractivity contribution in [1.82, 2.24) is 15.6 Å². The van der Waals surface area contributed by atoms with Gasteiger partial charge in [0.05, 0.1) is 22.4 Å². The molecule has 1 aliphatic carbocycles. The number of pyridine rings is 1. The van der Waals surface area contributed by atoms with Crippen LogP contribution in [-0.2, 0) is 0 Å². The smallest absolute Gasteiger partial charge is 0.331 e. The summed E-state index contributed by atoms with van der Waals surface area (Å²) in [6.07, 6.45) is 6.13. The lowest BCUT2D eigenvalue weighted by Crippen LogP contribution is -2.46. The predicted octanol–water partition coefficient (Wildman–Crippen LogP) is 6.71. The largest absolute Gasteiger partial charge is 0.457 e. The van der Waals surface area contributed by atoms with Gasteiger partial charge in [0, 0.05) is 24.0 Å². The number of nitrogens with one attached hydrogen (secondary N) is 3. The van der Waals surface area contributed by atoms with Crippen LogP contribution in [0.3, 0.4) is 0 Å². The third kappa shape index (κ3) is 4.72. The van der Waals surface area contributed by atoms with Crippen molar-refractivity contribution < 1.29 is 14.3 Å². The first-order valence-corrected chi connectivity index (χ1v) is 13.6. The molecule has 3 heterocycles. The van der Waals surface area contributed by atoms with E-state index in [1.165, 1.54) is 11.3 Å². The van der Waals surface area contributed by atoms with E-state index in [9.17, 15) is 9.59 Å². The molecule has 0 spiro atoms. The van der Waals surface area contributed by atoms with E-state index in [-0.39, 0.29) is 24.0 Å². The first-order valence-electron chi connectivity index (χ1n) is 12.8. The summed E-state index contributed by atoms with van der Waals surface area (Å²) in [7, 11) is 0. The number of urea groups is 1. The maximum Gasteiger partial charge on any atom is 0.331 e. The standard InChI is InChI=1S/C30H27N5O3S/c1-3-18(2)32-22-10-7-11-23(22)33-28(36)27-26-25-24(16-17-31-29(25)39-27)35(30(37)34-26)19-12-14-21(15-13-19)38-20-8-5-4-6-9-20/h3-6,8-9,12-17,22-23,32H,1-2,7,10-11H2,(H,33,36)(H,34,37). The highest BCUT2D eigenvalue weighted by Gasteiger charge is 2.35. The summed E-state index contributed by atoms with van der Waals surface area (Å²) < 4.78 is 5.89. The van der Waals surface area contributed by atoms with Crippen LogP contribution in [0.15, 0.2) is 91.8 Å². The summed E-state index contributed by atoms with van der Waals surface area (Å²) in [4.78, 5) is 34.1. The molecule has 8 nitrogen and oxygen atoms in total. The second-order valence-corrected chi connectivity index (χ2v) is 10.5. The Morgan fingerprint density at radius 1 is 1.05 bits per heavy atom. The van der Waals surface area contributed by atoms with Gasteiger partial charge in [-0.05, 0) is 67.8 Å². The van der Waals surface area contributed by atoms with Crippen molar-refractivity contribution in [3.05, 3.63) is 96.7 Å². The second-order valence-electron chi connectivity index (χ2n) is 9.48. The summed E-state index contributed by atoms with van der Waals surface area (Å²) >= 11 is 1.28. The van der Waals surface area contributed by atoms with Gasteiger partial charge in [0.2, 0.25) is 0 Å². The highest BCUT2D eigenvalue weighted by molar-refractivity contribution is 7.21. The molecule has 0 bridgehead atoms. The zero-order chi connectivity index (χ0) is 26.9. The van der Waals surface area contributed by atoms with E-state index >= 15 is 0 Å². The summed E-state index contributed by atoms with van der Waals surface area (Å²) in [6.45, 7) is 7.69. The molecule has 9 heteroatoms. The van der Waals surface area contributed by atoms with Gasteiger partial charge in [-0.15, -0.1) is 11.3 Å². The highest BCUT2D eigenvalue weighted by Crippen LogP contribution is 2.46. The normalized spacial score (nSPS) is 17.9. The number of rotatable bonds is 8. The molecule has 0 saturated heterocycles. The van der Waals surface area contributed by atoms with E-state index in [0.717, 1.165) is 36.1 Å². The zero-order valence-electron chi connectivity index (χ0n) is 21.1. The fourth-order valence-corrected chi connectivity index (χ4v) is 6.15. The Morgan fingerprint density at radius 2 is 1.77 bits per heavy atom. The monoisotopic (exact) mass is 537 g/mol. The highest BCUT2D eigenvalue weighted by atomic mass is 32.1. The Balaban J connectivity index is 1.27. The lowest BCUT2D eigenvalue weighted by atomic mass is 10.1. The maximum absolute atomic E-state index is 13.5. The molecule has 2 atom stereocenters. The van der Waals surface area contributed by atoms with Gasteiger partial charge in [-0.2, -0.15) is 0 Å². The topological polar surface area (TPSA) is 95.6 Å². The summed E-state index contributed by atoms with van der Waals surface area (Å²) in [5.41, 5.74) is 2.58. The van der Waals surface area contributed by atoms with E-state index in [1.807, 2.05) is 54.6 Å². The average molecular weight is 538 g/mol. The van der Waals surface area contributed by atoms with Gasteiger partial charge >= 0.3 is 6.03 Å². The molecule has 1 aliphatic heterocycles. The van der Waals surface area contributed by atoms with Gasteiger partial charge in [0.15, 0.2) is 0 Å². The number of ether oxygens (including phenoxy) is 1. The van der Waals surface area contributed by atoms with Crippen molar-refractivity contribution in [3.63, 3.8) is 0 Å². The lowest BCUT2D eigenvalue weighted by Gasteiger charge is -2.28. The molecule has 2 unspecified atom stereocenters. The molecule has 2 aromatic carbocycles. The van der Waals surface area contributed by atoms with E-state index in [1.54, 1.807) is 23.2 Å². The van der Waals surface area contributed by atoms with Crippen molar-refractivity contribution in [1.29, 1.82) is 0 Å². The van der Waals surface area contributed by atoms with E-state index in [0.29, 0.717) is 32.5 Å². The minimum atomic E-state index is -0.345. The van der Waals surface area contributed by atoms with Crippen LogP contribution in [0.4, 0.5) is 21.9 Å². The van der Waals surface area contributed by atoms with Gasteiger partial charge in [-0.3, -0.25) is 9.69 Å². The van der Waals surface area contributed by atoms with Crippen molar-refractivity contribution in [2.24, 2.45) is 0 Å². The third-order valence-corrected chi connectivity index (χ3v) is 8.07. The average Bonchev–Trinajstić information content (AvgIpc) is 3.54. The van der Waals surface area contributed by atoms with E-state index < -0.39 is 0 Å². The van der Waals surface area contributed by atoms with Crippen LogP contribution in [0.25, 0.3) is 10.2 Å². The van der Waals surface area contributed by atoms with Gasteiger partial charge in [0.1, 0.15) is 21.2 Å². The molecule has 2 aliphatic rings. The molecule has 3 amide bonds. The van der Waals surface area contributed by atoms with E-state index in [2.05, 4.69) is 34.1 Å². The molecular formula is C30H27N5O3S. The SMILES string of the molecule is C=CC(=C)NC1CCCC1NC(=O)c1sc2nccc3c2c1NC(=O)N3c1ccc(Oc2ccccc2)cc1.